The minimum Gasteiger partial charge on any atom is -0.353 e. The molecule has 2 aromatic rings. The van der Waals surface area contributed by atoms with Crippen LogP contribution in [0.5, 0.6) is 0 Å². The van der Waals surface area contributed by atoms with Gasteiger partial charge in [0.2, 0.25) is 15.9 Å². The Balaban J connectivity index is 2.25. The number of rotatable bonds is 9. The normalized spacial score (nSPS) is 12.7. The van der Waals surface area contributed by atoms with Crippen LogP contribution in [0.1, 0.15) is 32.3 Å². The lowest BCUT2D eigenvalue weighted by Gasteiger charge is -2.23. The predicted molar refractivity (Wildman–Crippen MR) is 111 cm³/mol. The highest BCUT2D eigenvalue weighted by Crippen LogP contribution is 2.19. The minimum atomic E-state index is -3.79. The van der Waals surface area contributed by atoms with Crippen LogP contribution in [0.4, 0.5) is 0 Å². The van der Waals surface area contributed by atoms with Gasteiger partial charge in [-0.05, 0) is 43.2 Å². The fraction of sp³-hybridized carbons (Fsp3) is 0.350. The van der Waals surface area contributed by atoms with Crippen molar-refractivity contribution in [1.29, 1.82) is 0 Å². The Morgan fingerprint density at radius 1 is 1.11 bits per heavy atom. The highest BCUT2D eigenvalue weighted by atomic mass is 79.9. The fourth-order valence-electron chi connectivity index (χ4n) is 2.75. The summed E-state index contributed by atoms with van der Waals surface area (Å²) < 4.78 is 28.3. The SMILES string of the molecule is CCC[C@H](C)NC(=O)CN(Cc1ccc(Br)cc1)S(=O)(=O)c1ccccc1. The first-order chi connectivity index (χ1) is 12.8. The van der Waals surface area contributed by atoms with Crippen molar-refractivity contribution in [3.8, 4) is 0 Å². The molecule has 2 aromatic carbocycles. The minimum absolute atomic E-state index is 0.0106. The molecule has 0 fully saturated rings. The van der Waals surface area contributed by atoms with E-state index in [9.17, 15) is 13.2 Å². The third-order valence-electron chi connectivity index (χ3n) is 4.10. The molecule has 0 unspecified atom stereocenters. The second-order valence-corrected chi connectivity index (χ2v) is 9.32. The quantitative estimate of drug-likeness (QED) is 0.626. The summed E-state index contributed by atoms with van der Waals surface area (Å²) in [4.78, 5) is 12.6. The Morgan fingerprint density at radius 2 is 1.74 bits per heavy atom. The molecule has 0 spiro atoms. The van der Waals surface area contributed by atoms with E-state index >= 15 is 0 Å². The van der Waals surface area contributed by atoms with Crippen molar-refractivity contribution < 1.29 is 13.2 Å². The average molecular weight is 453 g/mol. The maximum atomic E-state index is 13.1. The standard InChI is InChI=1S/C20H25BrN2O3S/c1-3-7-16(2)22-20(24)15-23(14-17-10-12-18(21)13-11-17)27(25,26)19-8-5-4-6-9-19/h4-6,8-13,16H,3,7,14-15H2,1-2H3,(H,22,24)/t16-/m0/s1. The number of amides is 1. The van der Waals surface area contributed by atoms with Crippen molar-refractivity contribution in [1.82, 2.24) is 9.62 Å². The number of hydrogen-bond donors (Lipinski definition) is 1. The molecule has 1 N–H and O–H groups in total. The summed E-state index contributed by atoms with van der Waals surface area (Å²) in [6.07, 6.45) is 1.80. The van der Waals surface area contributed by atoms with Crippen LogP contribution in [0.2, 0.25) is 0 Å². The van der Waals surface area contributed by atoms with Gasteiger partial charge < -0.3 is 5.32 Å². The lowest BCUT2D eigenvalue weighted by Crippen LogP contribution is -2.43. The molecule has 0 saturated carbocycles. The molecule has 0 saturated heterocycles. The molecule has 5 nitrogen and oxygen atoms in total. The largest absolute Gasteiger partial charge is 0.353 e. The topological polar surface area (TPSA) is 66.5 Å². The van der Waals surface area contributed by atoms with Gasteiger partial charge in [0.15, 0.2) is 0 Å². The van der Waals surface area contributed by atoms with E-state index in [2.05, 4.69) is 21.2 Å². The van der Waals surface area contributed by atoms with Crippen molar-refractivity contribution in [2.24, 2.45) is 0 Å². The second kappa shape index (κ2) is 10.0. The van der Waals surface area contributed by atoms with E-state index in [0.717, 1.165) is 22.9 Å². The third-order valence-corrected chi connectivity index (χ3v) is 6.44. The summed E-state index contributed by atoms with van der Waals surface area (Å²) in [6, 6.07) is 15.6. The lowest BCUT2D eigenvalue weighted by molar-refractivity contribution is -0.122. The first kappa shape index (κ1) is 21.6. The summed E-state index contributed by atoms with van der Waals surface area (Å²) in [5.74, 6) is -0.299. The summed E-state index contributed by atoms with van der Waals surface area (Å²) in [6.45, 7) is 3.87. The molecule has 2 rings (SSSR count). The van der Waals surface area contributed by atoms with Crippen molar-refractivity contribution in [3.05, 3.63) is 64.6 Å². The van der Waals surface area contributed by atoms with Gasteiger partial charge in [-0.2, -0.15) is 4.31 Å². The van der Waals surface area contributed by atoms with Crippen molar-refractivity contribution in [3.63, 3.8) is 0 Å². The van der Waals surface area contributed by atoms with Crippen LogP contribution in [-0.4, -0.2) is 31.2 Å². The van der Waals surface area contributed by atoms with Gasteiger partial charge in [0.1, 0.15) is 0 Å². The maximum Gasteiger partial charge on any atom is 0.243 e. The molecule has 0 heterocycles. The first-order valence-corrected chi connectivity index (χ1v) is 11.1. The Morgan fingerprint density at radius 3 is 2.33 bits per heavy atom. The van der Waals surface area contributed by atoms with Crippen molar-refractivity contribution >= 4 is 31.9 Å². The summed E-state index contributed by atoms with van der Waals surface area (Å²) in [5.41, 5.74) is 0.812. The lowest BCUT2D eigenvalue weighted by atomic mass is 10.2. The molecule has 0 aliphatic rings. The number of halogens is 1. The Hall–Kier alpha value is -1.70. The maximum absolute atomic E-state index is 13.1. The van der Waals surface area contributed by atoms with E-state index in [1.165, 1.54) is 4.31 Å². The molecule has 27 heavy (non-hydrogen) atoms. The van der Waals surface area contributed by atoms with Gasteiger partial charge in [0.05, 0.1) is 11.4 Å². The van der Waals surface area contributed by atoms with E-state index < -0.39 is 10.0 Å². The molecule has 0 radical (unpaired) electrons. The van der Waals surface area contributed by atoms with Crippen LogP contribution in [0.25, 0.3) is 0 Å². The highest BCUT2D eigenvalue weighted by Gasteiger charge is 2.27. The summed E-state index contributed by atoms with van der Waals surface area (Å²) >= 11 is 3.37. The number of sulfonamides is 1. The van der Waals surface area contributed by atoms with E-state index in [4.69, 9.17) is 0 Å². The first-order valence-electron chi connectivity index (χ1n) is 8.92. The van der Waals surface area contributed by atoms with E-state index in [1.54, 1.807) is 30.3 Å². The van der Waals surface area contributed by atoms with Gasteiger partial charge in [-0.25, -0.2) is 8.42 Å². The van der Waals surface area contributed by atoms with Crippen molar-refractivity contribution in [2.45, 2.75) is 44.2 Å². The average Bonchev–Trinajstić information content (AvgIpc) is 2.63. The molecule has 7 heteroatoms. The molecule has 1 atom stereocenters. The van der Waals surface area contributed by atoms with E-state index in [1.807, 2.05) is 38.1 Å². The number of nitrogens with zero attached hydrogens (tertiary/aromatic N) is 1. The van der Waals surface area contributed by atoms with E-state index in [0.29, 0.717) is 0 Å². The molecular weight excluding hydrogens is 428 g/mol. The summed E-state index contributed by atoms with van der Waals surface area (Å²) in [5, 5.41) is 2.88. The zero-order valence-corrected chi connectivity index (χ0v) is 18.0. The van der Waals surface area contributed by atoms with Crippen LogP contribution < -0.4 is 5.32 Å². The predicted octanol–water partition coefficient (Wildman–Crippen LogP) is 3.94. The fourth-order valence-corrected chi connectivity index (χ4v) is 4.42. The molecule has 0 aromatic heterocycles. The number of hydrogen-bond acceptors (Lipinski definition) is 3. The Labute approximate surface area is 170 Å². The summed E-state index contributed by atoms with van der Waals surface area (Å²) in [7, 11) is -3.79. The van der Waals surface area contributed by atoms with Gasteiger partial charge in [-0.3, -0.25) is 4.79 Å². The van der Waals surface area contributed by atoms with Crippen LogP contribution in [0.15, 0.2) is 64.0 Å². The molecule has 0 aliphatic carbocycles. The van der Waals surface area contributed by atoms with Crippen LogP contribution in [-0.2, 0) is 21.4 Å². The van der Waals surface area contributed by atoms with Gasteiger partial charge in [0.25, 0.3) is 0 Å². The van der Waals surface area contributed by atoms with Crippen LogP contribution >= 0.6 is 15.9 Å². The smallest absolute Gasteiger partial charge is 0.243 e. The number of carbonyl (C=O) groups is 1. The van der Waals surface area contributed by atoms with Gasteiger partial charge >= 0.3 is 0 Å². The zero-order valence-electron chi connectivity index (χ0n) is 15.6. The second-order valence-electron chi connectivity index (χ2n) is 6.47. The monoisotopic (exact) mass is 452 g/mol. The van der Waals surface area contributed by atoms with Gasteiger partial charge in [-0.15, -0.1) is 0 Å². The molecular formula is C20H25BrN2O3S. The molecule has 146 valence electrons. The number of benzene rings is 2. The van der Waals surface area contributed by atoms with Gasteiger partial charge in [0, 0.05) is 17.1 Å². The molecule has 1 amide bonds. The van der Waals surface area contributed by atoms with Crippen LogP contribution in [0.3, 0.4) is 0 Å². The van der Waals surface area contributed by atoms with Gasteiger partial charge in [-0.1, -0.05) is 59.6 Å². The molecule has 0 aliphatic heterocycles. The highest BCUT2D eigenvalue weighted by molar-refractivity contribution is 9.10. The molecule has 0 bridgehead atoms. The number of carbonyl (C=O) groups excluding carboxylic acids is 1. The van der Waals surface area contributed by atoms with E-state index in [-0.39, 0.29) is 29.9 Å². The Kier molecular flexibility index (Phi) is 8.01. The van der Waals surface area contributed by atoms with Crippen molar-refractivity contribution in [2.75, 3.05) is 6.54 Å². The Bertz CT molecular complexity index is 839. The zero-order chi connectivity index (χ0) is 19.9. The third kappa shape index (κ3) is 6.45. The number of nitrogens with one attached hydrogen (secondary N) is 1. The van der Waals surface area contributed by atoms with Crippen LogP contribution in [0, 0.1) is 0 Å².